The third-order valence-corrected chi connectivity index (χ3v) is 5.94. The maximum absolute atomic E-state index is 12.6. The number of carbonyl (C=O) groups excluding carboxylic acids is 1. The SMILES string of the molecule is CN1CCC(C(=O)Nc2ncc3ccc(-c4cnc5n4CCNC5)cc3n2)CC1. The molecule has 0 radical (unpaired) electrons. The van der Waals surface area contributed by atoms with Gasteiger partial charge in [0.25, 0.3) is 0 Å². The highest BCUT2D eigenvalue weighted by Crippen LogP contribution is 2.26. The molecule has 0 spiro atoms. The van der Waals surface area contributed by atoms with Gasteiger partial charge in [0.05, 0.1) is 24.0 Å². The lowest BCUT2D eigenvalue weighted by Crippen LogP contribution is -2.36. The summed E-state index contributed by atoms with van der Waals surface area (Å²) in [6.45, 7) is 4.54. The van der Waals surface area contributed by atoms with E-state index >= 15 is 0 Å². The Morgan fingerprint density at radius 3 is 2.90 bits per heavy atom. The predicted octanol–water partition coefficient (Wildman–Crippen LogP) is 1.88. The Labute approximate surface area is 169 Å². The van der Waals surface area contributed by atoms with Gasteiger partial charge in [0.1, 0.15) is 5.82 Å². The second kappa shape index (κ2) is 7.53. The van der Waals surface area contributed by atoms with E-state index in [1.807, 2.05) is 12.3 Å². The first-order valence-electron chi connectivity index (χ1n) is 10.2. The van der Waals surface area contributed by atoms with Crippen LogP contribution in [-0.2, 0) is 17.9 Å². The van der Waals surface area contributed by atoms with Crippen molar-refractivity contribution < 1.29 is 4.79 Å². The average molecular weight is 391 g/mol. The molecule has 3 aromatic rings. The first kappa shape index (κ1) is 18.2. The number of rotatable bonds is 3. The highest BCUT2D eigenvalue weighted by atomic mass is 16.2. The number of likely N-dealkylation sites (tertiary alicyclic amines) is 1. The molecule has 5 rings (SSSR count). The molecule has 4 heterocycles. The minimum absolute atomic E-state index is 0.0194. The van der Waals surface area contributed by atoms with Crippen LogP contribution in [0.25, 0.3) is 22.2 Å². The predicted molar refractivity (Wildman–Crippen MR) is 111 cm³/mol. The molecular weight excluding hydrogens is 366 g/mol. The van der Waals surface area contributed by atoms with Crippen LogP contribution in [0.15, 0.2) is 30.6 Å². The number of hydrogen-bond acceptors (Lipinski definition) is 6. The van der Waals surface area contributed by atoms with Crippen molar-refractivity contribution >= 4 is 22.8 Å². The van der Waals surface area contributed by atoms with Gasteiger partial charge in [0.15, 0.2) is 0 Å². The Kier molecular flexibility index (Phi) is 4.73. The summed E-state index contributed by atoms with van der Waals surface area (Å²) >= 11 is 0. The number of imidazole rings is 1. The molecule has 2 aliphatic rings. The van der Waals surface area contributed by atoms with Crippen molar-refractivity contribution in [2.75, 3.05) is 32.0 Å². The van der Waals surface area contributed by atoms with E-state index in [-0.39, 0.29) is 11.8 Å². The normalized spacial score (nSPS) is 18.0. The van der Waals surface area contributed by atoms with Gasteiger partial charge in [0.2, 0.25) is 11.9 Å². The summed E-state index contributed by atoms with van der Waals surface area (Å²) in [5.41, 5.74) is 2.99. The molecule has 0 aliphatic carbocycles. The van der Waals surface area contributed by atoms with Gasteiger partial charge in [-0.25, -0.2) is 15.0 Å². The van der Waals surface area contributed by atoms with Gasteiger partial charge < -0.3 is 14.8 Å². The van der Waals surface area contributed by atoms with E-state index in [2.05, 4.69) is 54.2 Å². The van der Waals surface area contributed by atoms with Crippen molar-refractivity contribution in [3.8, 4) is 11.3 Å². The summed E-state index contributed by atoms with van der Waals surface area (Å²) in [7, 11) is 2.09. The number of benzene rings is 1. The summed E-state index contributed by atoms with van der Waals surface area (Å²) in [5.74, 6) is 1.48. The first-order valence-corrected chi connectivity index (χ1v) is 10.2. The maximum atomic E-state index is 12.6. The second-order valence-electron chi connectivity index (χ2n) is 7.92. The van der Waals surface area contributed by atoms with Crippen LogP contribution in [0.4, 0.5) is 5.95 Å². The molecule has 150 valence electrons. The molecule has 2 aliphatic heterocycles. The minimum atomic E-state index is 0.0194. The number of hydrogen-bond donors (Lipinski definition) is 2. The molecule has 1 saturated heterocycles. The van der Waals surface area contributed by atoms with E-state index in [1.54, 1.807) is 6.20 Å². The Morgan fingerprint density at radius 1 is 1.17 bits per heavy atom. The van der Waals surface area contributed by atoms with Crippen LogP contribution in [0, 0.1) is 5.92 Å². The molecule has 0 unspecified atom stereocenters. The smallest absolute Gasteiger partial charge is 0.229 e. The fourth-order valence-electron chi connectivity index (χ4n) is 4.15. The van der Waals surface area contributed by atoms with Crippen LogP contribution in [0.1, 0.15) is 18.7 Å². The second-order valence-corrected chi connectivity index (χ2v) is 7.92. The van der Waals surface area contributed by atoms with E-state index in [0.29, 0.717) is 5.95 Å². The van der Waals surface area contributed by atoms with Crippen molar-refractivity contribution in [1.82, 2.24) is 29.7 Å². The van der Waals surface area contributed by atoms with Crippen molar-refractivity contribution in [2.45, 2.75) is 25.9 Å². The van der Waals surface area contributed by atoms with Crippen molar-refractivity contribution in [3.05, 3.63) is 36.4 Å². The standard InChI is InChI=1S/C21H25N7O/c1-27-7-4-14(5-8-27)20(29)26-21-24-11-16-3-2-15(10-17(16)25-21)18-12-23-19-13-22-6-9-28(18)19/h2-3,10-12,14,22H,4-9,13H2,1H3,(H,24,25,26,29). The summed E-state index contributed by atoms with van der Waals surface area (Å²) in [6, 6.07) is 6.15. The highest BCUT2D eigenvalue weighted by molar-refractivity contribution is 5.92. The van der Waals surface area contributed by atoms with Crippen LogP contribution >= 0.6 is 0 Å². The van der Waals surface area contributed by atoms with Crippen molar-refractivity contribution in [3.63, 3.8) is 0 Å². The summed E-state index contributed by atoms with van der Waals surface area (Å²) < 4.78 is 2.25. The Bertz CT molecular complexity index is 1050. The average Bonchev–Trinajstić information content (AvgIpc) is 3.18. The van der Waals surface area contributed by atoms with E-state index < -0.39 is 0 Å². The number of aromatic nitrogens is 4. The fraction of sp³-hybridized carbons (Fsp3) is 0.429. The molecule has 2 N–H and O–H groups in total. The number of nitrogens with one attached hydrogen (secondary N) is 2. The number of piperidine rings is 1. The monoisotopic (exact) mass is 391 g/mol. The zero-order chi connectivity index (χ0) is 19.8. The Balaban J connectivity index is 1.40. The minimum Gasteiger partial charge on any atom is -0.326 e. The Morgan fingerprint density at radius 2 is 2.03 bits per heavy atom. The first-order chi connectivity index (χ1) is 14.2. The lowest BCUT2D eigenvalue weighted by Gasteiger charge is -2.27. The van der Waals surface area contributed by atoms with Crippen LogP contribution in [0.5, 0.6) is 0 Å². The third kappa shape index (κ3) is 3.61. The molecule has 29 heavy (non-hydrogen) atoms. The van der Waals surface area contributed by atoms with Crippen LogP contribution < -0.4 is 10.6 Å². The molecule has 2 aromatic heterocycles. The summed E-state index contributed by atoms with van der Waals surface area (Å²) in [4.78, 5) is 28.3. The number of amides is 1. The van der Waals surface area contributed by atoms with E-state index in [0.717, 1.165) is 73.6 Å². The number of fused-ring (bicyclic) bond motifs is 2. The molecule has 1 aromatic carbocycles. The van der Waals surface area contributed by atoms with E-state index in [4.69, 9.17) is 0 Å². The zero-order valence-electron chi connectivity index (χ0n) is 16.6. The van der Waals surface area contributed by atoms with Crippen LogP contribution in [-0.4, -0.2) is 57.0 Å². The molecule has 0 saturated carbocycles. The molecule has 1 fully saturated rings. The maximum Gasteiger partial charge on any atom is 0.229 e. The number of nitrogens with zero attached hydrogens (tertiary/aromatic N) is 5. The van der Waals surface area contributed by atoms with Crippen LogP contribution in [0.2, 0.25) is 0 Å². The van der Waals surface area contributed by atoms with Crippen molar-refractivity contribution in [2.24, 2.45) is 5.92 Å². The van der Waals surface area contributed by atoms with Gasteiger partial charge in [-0.2, -0.15) is 0 Å². The summed E-state index contributed by atoms with van der Waals surface area (Å²) in [6.07, 6.45) is 5.45. The number of anilines is 1. The van der Waals surface area contributed by atoms with Gasteiger partial charge in [-0.15, -0.1) is 0 Å². The Hall–Kier alpha value is -2.84. The molecule has 0 bridgehead atoms. The lowest BCUT2D eigenvalue weighted by atomic mass is 9.96. The third-order valence-electron chi connectivity index (χ3n) is 5.94. The molecule has 8 heteroatoms. The molecular formula is C21H25N7O. The van der Waals surface area contributed by atoms with E-state index in [1.165, 1.54) is 0 Å². The van der Waals surface area contributed by atoms with E-state index in [9.17, 15) is 4.79 Å². The molecule has 8 nitrogen and oxygen atoms in total. The molecule has 1 amide bonds. The van der Waals surface area contributed by atoms with Gasteiger partial charge in [0, 0.05) is 36.2 Å². The van der Waals surface area contributed by atoms with Gasteiger partial charge >= 0.3 is 0 Å². The lowest BCUT2D eigenvalue weighted by molar-refractivity contribution is -0.121. The van der Waals surface area contributed by atoms with Gasteiger partial charge in [-0.05, 0) is 39.0 Å². The van der Waals surface area contributed by atoms with Gasteiger partial charge in [-0.3, -0.25) is 10.1 Å². The largest absolute Gasteiger partial charge is 0.326 e. The fourth-order valence-corrected chi connectivity index (χ4v) is 4.15. The quantitative estimate of drug-likeness (QED) is 0.709. The molecule has 0 atom stereocenters. The zero-order valence-corrected chi connectivity index (χ0v) is 16.6. The van der Waals surface area contributed by atoms with Gasteiger partial charge in [-0.1, -0.05) is 12.1 Å². The topological polar surface area (TPSA) is 88.0 Å². The van der Waals surface area contributed by atoms with Crippen LogP contribution in [0.3, 0.4) is 0 Å². The summed E-state index contributed by atoms with van der Waals surface area (Å²) in [5, 5.41) is 7.21. The van der Waals surface area contributed by atoms with Crippen molar-refractivity contribution in [1.29, 1.82) is 0 Å². The number of carbonyl (C=O) groups is 1. The highest BCUT2D eigenvalue weighted by Gasteiger charge is 2.24.